The second-order valence-electron chi connectivity index (χ2n) is 22.9. The first-order valence-corrected chi connectivity index (χ1v) is 24.5. The van der Waals surface area contributed by atoms with Crippen molar-refractivity contribution in [3.05, 3.63) is 11.6 Å². The Morgan fingerprint density at radius 3 is 2.01 bits per heavy atom. The highest BCUT2D eigenvalue weighted by atomic mass is 16.8. The fourth-order valence-corrected chi connectivity index (χ4v) is 15.2. The average molecular weight is 959 g/mol. The van der Waals surface area contributed by atoms with E-state index in [1.54, 1.807) is 0 Å². The van der Waals surface area contributed by atoms with Gasteiger partial charge in [-0.1, -0.05) is 53.2 Å². The SMILES string of the molecule is C[C@H]1[C@H](C)CC[C@]2(C(=O)O[C@@H]3O[C@H](CO[C@@H]4O[C@H](CO)[C@@H](O[C@@H]5O[C@@H](C)[C@H](O)[C@@H](O)[C@H]5O)[C@H](O)[C@H]4O)[C@@H](O)[C@H](O)[C@H]3O)CC[C@]3(C)C(=CC[C@@H]4[C@@]5(C)C[C@@H](O)[C@H](O)[C@@](C)(CO)[C@@H]5CC[C@]43C)[C@H]12. The molecule has 0 radical (unpaired) electrons. The van der Waals surface area contributed by atoms with Crippen LogP contribution in [0.15, 0.2) is 11.6 Å². The van der Waals surface area contributed by atoms with Crippen molar-refractivity contribution in [1.29, 1.82) is 0 Å². The first-order valence-electron chi connectivity index (χ1n) is 24.5. The first kappa shape index (κ1) is 51.9. The third-order valence-electron chi connectivity index (χ3n) is 19.7. The molecule has 8 aliphatic rings. The van der Waals surface area contributed by atoms with E-state index >= 15 is 4.79 Å². The Kier molecular flexibility index (Phi) is 14.4. The van der Waals surface area contributed by atoms with Gasteiger partial charge >= 0.3 is 5.97 Å². The molecule has 0 aromatic heterocycles. The molecule has 0 unspecified atom stereocenters. The number of allylic oxidation sites excluding steroid dienone is 2. The van der Waals surface area contributed by atoms with Gasteiger partial charge in [-0.3, -0.25) is 4.79 Å². The Bertz CT molecular complexity index is 1820. The first-order chi connectivity index (χ1) is 31.4. The zero-order chi connectivity index (χ0) is 49.1. The number of ether oxygens (including phenoxy) is 6. The Balaban J connectivity index is 0.985. The lowest BCUT2D eigenvalue weighted by atomic mass is 9.33. The molecule has 384 valence electrons. The molecule has 3 heterocycles. The van der Waals surface area contributed by atoms with Crippen LogP contribution in [0.1, 0.15) is 99.8 Å². The van der Waals surface area contributed by atoms with Crippen molar-refractivity contribution in [3.8, 4) is 0 Å². The zero-order valence-electron chi connectivity index (χ0n) is 39.8. The topological polar surface area (TPSA) is 315 Å². The second-order valence-corrected chi connectivity index (χ2v) is 22.9. The van der Waals surface area contributed by atoms with E-state index in [9.17, 15) is 61.3 Å². The van der Waals surface area contributed by atoms with Crippen LogP contribution in [0.2, 0.25) is 0 Å². The van der Waals surface area contributed by atoms with Crippen molar-refractivity contribution in [2.45, 2.75) is 204 Å². The van der Waals surface area contributed by atoms with Crippen LogP contribution in [0.25, 0.3) is 0 Å². The van der Waals surface area contributed by atoms with Crippen LogP contribution in [0.3, 0.4) is 0 Å². The van der Waals surface area contributed by atoms with E-state index in [0.29, 0.717) is 32.1 Å². The van der Waals surface area contributed by atoms with E-state index in [2.05, 4.69) is 40.7 Å². The molecule has 0 aromatic carbocycles. The fourth-order valence-electron chi connectivity index (χ4n) is 15.2. The minimum Gasteiger partial charge on any atom is -0.432 e. The summed E-state index contributed by atoms with van der Waals surface area (Å²) in [5.41, 5.74) is -1.64. The molecule has 67 heavy (non-hydrogen) atoms. The number of aliphatic hydroxyl groups excluding tert-OH is 12. The summed E-state index contributed by atoms with van der Waals surface area (Å²) in [5.74, 6) is -0.386. The highest BCUT2D eigenvalue weighted by Gasteiger charge is 2.71. The average Bonchev–Trinajstić information content (AvgIpc) is 3.29. The number of esters is 1. The van der Waals surface area contributed by atoms with Gasteiger partial charge in [0, 0.05) is 5.41 Å². The number of rotatable bonds is 9. The molecule has 3 aliphatic heterocycles. The molecule has 4 saturated carbocycles. The van der Waals surface area contributed by atoms with E-state index in [-0.39, 0.29) is 52.4 Å². The van der Waals surface area contributed by atoms with Gasteiger partial charge in [0.25, 0.3) is 0 Å². The van der Waals surface area contributed by atoms with Crippen LogP contribution in [0, 0.1) is 56.7 Å². The Labute approximate surface area is 392 Å². The normalized spacial score (nSPS) is 56.7. The van der Waals surface area contributed by atoms with Crippen LogP contribution >= 0.6 is 0 Å². The lowest BCUT2D eigenvalue weighted by Crippen LogP contribution is -2.68. The highest BCUT2D eigenvalue weighted by molar-refractivity contribution is 5.79. The standard InChI is InChI=1S/C48H78O19/c1-20-10-13-48(15-14-46(6)23(29(48)21(20)2)8-9-28-44(4)16-24(51)39(60)45(5,19-50)27(44)11-12-47(28,46)7)43(61)67-42-36(58)33(55)31(53)26(65-42)18-62-40-37(59)34(56)38(25(17-49)64-40)66-41-35(57)32(54)30(52)22(3)63-41/h8,20-22,24-42,49-60H,9-19H2,1-7H3/t20-,21+,22+,24-,25-,26-,27-,28-,29+,30+,31-,32-,33+,34-,35-,36-,37-,38-,39+,40-,41+,42+,44+,45+,46-,47-,48+/m1/s1. The van der Waals surface area contributed by atoms with Gasteiger partial charge in [-0.05, 0) is 104 Å². The van der Waals surface area contributed by atoms with Crippen LogP contribution in [-0.2, 0) is 33.2 Å². The monoisotopic (exact) mass is 959 g/mol. The quantitative estimate of drug-likeness (QED) is 0.0971. The molecule has 0 bridgehead atoms. The predicted octanol–water partition coefficient (Wildman–Crippen LogP) is -1.03. The third-order valence-corrected chi connectivity index (χ3v) is 19.7. The van der Waals surface area contributed by atoms with E-state index in [1.807, 2.05) is 6.92 Å². The van der Waals surface area contributed by atoms with E-state index in [1.165, 1.54) is 12.5 Å². The number of carbonyl (C=O) groups is 1. The Morgan fingerprint density at radius 2 is 1.34 bits per heavy atom. The van der Waals surface area contributed by atoms with Gasteiger partial charge in [0.1, 0.15) is 67.1 Å². The van der Waals surface area contributed by atoms with Gasteiger partial charge in [-0.15, -0.1) is 0 Å². The summed E-state index contributed by atoms with van der Waals surface area (Å²) in [6.45, 7) is 13.0. The summed E-state index contributed by atoms with van der Waals surface area (Å²) in [6.07, 6.45) is -18.9. The van der Waals surface area contributed by atoms with E-state index in [0.717, 1.165) is 19.3 Å². The van der Waals surface area contributed by atoms with Gasteiger partial charge in [-0.25, -0.2) is 0 Å². The molecule has 27 atom stereocenters. The Hall–Kier alpha value is -1.47. The van der Waals surface area contributed by atoms with Crippen LogP contribution < -0.4 is 0 Å². The second kappa shape index (κ2) is 18.5. The van der Waals surface area contributed by atoms with Gasteiger partial charge in [0.15, 0.2) is 12.6 Å². The largest absolute Gasteiger partial charge is 0.432 e. The van der Waals surface area contributed by atoms with Crippen molar-refractivity contribution in [1.82, 2.24) is 0 Å². The molecule has 0 amide bonds. The molecule has 12 N–H and O–H groups in total. The summed E-state index contributed by atoms with van der Waals surface area (Å²) in [7, 11) is 0. The summed E-state index contributed by atoms with van der Waals surface area (Å²) in [5, 5.41) is 130. The van der Waals surface area contributed by atoms with Crippen molar-refractivity contribution < 1.29 is 94.5 Å². The summed E-state index contributed by atoms with van der Waals surface area (Å²) < 4.78 is 34.7. The molecular formula is C48H78O19. The molecule has 7 fully saturated rings. The minimum absolute atomic E-state index is 0.0112. The summed E-state index contributed by atoms with van der Waals surface area (Å²) in [4.78, 5) is 15.0. The number of hydrogen-bond acceptors (Lipinski definition) is 19. The maximum Gasteiger partial charge on any atom is 0.315 e. The predicted molar refractivity (Wildman–Crippen MR) is 231 cm³/mol. The van der Waals surface area contributed by atoms with Crippen molar-refractivity contribution in [2.75, 3.05) is 19.8 Å². The highest BCUT2D eigenvalue weighted by Crippen LogP contribution is 2.76. The molecule has 8 rings (SSSR count). The third kappa shape index (κ3) is 7.92. The zero-order valence-corrected chi connectivity index (χ0v) is 39.8. The van der Waals surface area contributed by atoms with E-state index < -0.39 is 134 Å². The number of aliphatic hydroxyl groups is 12. The van der Waals surface area contributed by atoms with Crippen LogP contribution in [-0.4, -0.2) is 191 Å². The van der Waals surface area contributed by atoms with Gasteiger partial charge < -0.3 is 89.7 Å². The maximum atomic E-state index is 15.0. The van der Waals surface area contributed by atoms with Crippen molar-refractivity contribution in [2.24, 2.45) is 56.7 Å². The lowest BCUT2D eigenvalue weighted by Gasteiger charge is -2.71. The van der Waals surface area contributed by atoms with Gasteiger partial charge in [0.05, 0.1) is 43.5 Å². The summed E-state index contributed by atoms with van der Waals surface area (Å²) >= 11 is 0. The summed E-state index contributed by atoms with van der Waals surface area (Å²) in [6, 6.07) is 0. The van der Waals surface area contributed by atoms with Crippen LogP contribution in [0.5, 0.6) is 0 Å². The molecule has 19 heteroatoms. The smallest absolute Gasteiger partial charge is 0.315 e. The number of carbonyl (C=O) groups excluding carboxylic acids is 1. The number of fused-ring (bicyclic) bond motifs is 7. The molecule has 0 spiro atoms. The van der Waals surface area contributed by atoms with Gasteiger partial charge in [-0.2, -0.15) is 0 Å². The molecule has 3 saturated heterocycles. The van der Waals surface area contributed by atoms with Crippen molar-refractivity contribution in [3.63, 3.8) is 0 Å². The molecular weight excluding hydrogens is 881 g/mol. The fraction of sp³-hybridized carbons (Fsp3) is 0.938. The number of hydrogen-bond donors (Lipinski definition) is 12. The maximum absolute atomic E-state index is 15.0. The van der Waals surface area contributed by atoms with E-state index in [4.69, 9.17) is 28.4 Å². The van der Waals surface area contributed by atoms with Crippen molar-refractivity contribution >= 4 is 5.97 Å². The van der Waals surface area contributed by atoms with Gasteiger partial charge in [0.2, 0.25) is 6.29 Å². The van der Waals surface area contributed by atoms with Crippen LogP contribution in [0.4, 0.5) is 0 Å². The Morgan fingerprint density at radius 1 is 0.701 bits per heavy atom. The minimum atomic E-state index is -1.86. The molecule has 5 aliphatic carbocycles. The lowest BCUT2D eigenvalue weighted by molar-refractivity contribution is -0.361. The molecule has 19 nitrogen and oxygen atoms in total. The molecule has 0 aromatic rings.